The van der Waals surface area contributed by atoms with Crippen molar-refractivity contribution in [3.63, 3.8) is 0 Å². The minimum absolute atomic E-state index is 0.0387. The van der Waals surface area contributed by atoms with Crippen molar-refractivity contribution in [2.75, 3.05) is 13.1 Å². The Morgan fingerprint density at radius 1 is 1.09 bits per heavy atom. The fourth-order valence-electron chi connectivity index (χ4n) is 4.43. The molecular formula is C27H25F2N3O3. The number of fused-ring (bicyclic) bond motifs is 1. The first-order valence-electron chi connectivity index (χ1n) is 11.3. The van der Waals surface area contributed by atoms with Gasteiger partial charge in [-0.25, -0.2) is 8.78 Å². The number of amides is 1. The quantitative estimate of drug-likeness (QED) is 0.369. The molecule has 6 nitrogen and oxygen atoms in total. The number of nitro benzene ring substituents is 1. The highest BCUT2D eigenvalue weighted by atomic mass is 19.1. The van der Waals surface area contributed by atoms with Crippen molar-refractivity contribution in [3.8, 4) is 0 Å². The highest BCUT2D eigenvalue weighted by Gasteiger charge is 2.26. The second-order valence-electron chi connectivity index (χ2n) is 8.60. The molecule has 1 aliphatic rings. The Morgan fingerprint density at radius 2 is 1.83 bits per heavy atom. The molecule has 4 rings (SSSR count). The second kappa shape index (κ2) is 10.6. The molecule has 1 N–H and O–H groups in total. The lowest BCUT2D eigenvalue weighted by Gasteiger charge is -2.37. The smallest absolute Gasteiger partial charge is 0.270 e. The zero-order chi connectivity index (χ0) is 24.9. The fraction of sp³-hybridized carbons (Fsp3) is 0.222. The molecule has 180 valence electrons. The van der Waals surface area contributed by atoms with Gasteiger partial charge in [0.2, 0.25) is 0 Å². The summed E-state index contributed by atoms with van der Waals surface area (Å²) >= 11 is 0. The van der Waals surface area contributed by atoms with Gasteiger partial charge in [-0.15, -0.1) is 0 Å². The van der Waals surface area contributed by atoms with Crippen LogP contribution in [0, 0.1) is 21.7 Å². The van der Waals surface area contributed by atoms with Gasteiger partial charge in [0, 0.05) is 43.4 Å². The summed E-state index contributed by atoms with van der Waals surface area (Å²) in [5.41, 5.74) is 3.46. The zero-order valence-electron chi connectivity index (χ0n) is 19.0. The van der Waals surface area contributed by atoms with Gasteiger partial charge >= 0.3 is 0 Å². The van der Waals surface area contributed by atoms with Gasteiger partial charge in [0.25, 0.3) is 11.6 Å². The summed E-state index contributed by atoms with van der Waals surface area (Å²) < 4.78 is 27.2. The number of benzene rings is 3. The van der Waals surface area contributed by atoms with Gasteiger partial charge in [-0.3, -0.25) is 19.8 Å². The van der Waals surface area contributed by atoms with E-state index >= 15 is 0 Å². The van der Waals surface area contributed by atoms with E-state index in [1.165, 1.54) is 36.4 Å². The van der Waals surface area contributed by atoms with Gasteiger partial charge in [0.1, 0.15) is 11.6 Å². The van der Waals surface area contributed by atoms with Crippen LogP contribution in [0.2, 0.25) is 0 Å². The van der Waals surface area contributed by atoms with E-state index in [-0.39, 0.29) is 28.9 Å². The van der Waals surface area contributed by atoms with Gasteiger partial charge in [-0.05, 0) is 65.4 Å². The van der Waals surface area contributed by atoms with Crippen LogP contribution in [0.5, 0.6) is 0 Å². The Bertz CT molecular complexity index is 1260. The average molecular weight is 478 g/mol. The van der Waals surface area contributed by atoms with Crippen molar-refractivity contribution in [1.82, 2.24) is 10.2 Å². The van der Waals surface area contributed by atoms with E-state index in [1.807, 2.05) is 0 Å². The first kappa shape index (κ1) is 24.2. The number of non-ortho nitro benzene ring substituents is 1. The third kappa shape index (κ3) is 5.96. The number of nitrogens with zero attached hydrogens (tertiary/aromatic N) is 2. The summed E-state index contributed by atoms with van der Waals surface area (Å²) in [6.45, 7) is 5.06. The summed E-state index contributed by atoms with van der Waals surface area (Å²) in [6.07, 6.45) is 2.74. The maximum atomic E-state index is 13.8. The lowest BCUT2D eigenvalue weighted by atomic mass is 9.90. The van der Waals surface area contributed by atoms with Crippen molar-refractivity contribution in [2.45, 2.75) is 25.4 Å². The molecule has 3 aromatic carbocycles. The highest BCUT2D eigenvalue weighted by Crippen LogP contribution is 2.26. The number of rotatable bonds is 8. The maximum absolute atomic E-state index is 13.8. The molecule has 1 unspecified atom stereocenters. The van der Waals surface area contributed by atoms with E-state index in [2.05, 4.69) is 16.8 Å². The lowest BCUT2D eigenvalue weighted by molar-refractivity contribution is -0.384. The summed E-state index contributed by atoms with van der Waals surface area (Å²) in [5, 5.41) is 14.0. The normalized spacial score (nSPS) is 15.3. The van der Waals surface area contributed by atoms with Crippen molar-refractivity contribution < 1.29 is 18.5 Å². The van der Waals surface area contributed by atoms with Crippen molar-refractivity contribution in [1.29, 1.82) is 0 Å². The van der Waals surface area contributed by atoms with Crippen LogP contribution in [0.1, 0.15) is 32.6 Å². The molecule has 0 radical (unpaired) electrons. The minimum Gasteiger partial charge on any atom is -0.351 e. The molecule has 1 aliphatic heterocycles. The predicted octanol–water partition coefficient (Wildman–Crippen LogP) is 4.92. The first-order valence-corrected chi connectivity index (χ1v) is 11.3. The predicted molar refractivity (Wildman–Crippen MR) is 130 cm³/mol. The topological polar surface area (TPSA) is 75.5 Å². The summed E-state index contributed by atoms with van der Waals surface area (Å²) in [7, 11) is 0. The maximum Gasteiger partial charge on any atom is 0.270 e. The standard InChI is InChI=1S/C27H25F2N3O3/c1-2-18-11-22(16-26(12-18)32(34)35)27(33)30-9-10-31-17-20-5-8-24(29)14-21(20)15-25(31)13-19-3-6-23(28)7-4-19/h2-8,11-12,14,16,25H,1,9-10,13,15,17H2,(H,30,33). The Hall–Kier alpha value is -3.91. The Morgan fingerprint density at radius 3 is 2.54 bits per heavy atom. The fourth-order valence-corrected chi connectivity index (χ4v) is 4.43. The van der Waals surface area contributed by atoms with Crippen molar-refractivity contribution in [2.24, 2.45) is 0 Å². The minimum atomic E-state index is -0.544. The average Bonchev–Trinajstić information content (AvgIpc) is 2.85. The number of carbonyl (C=O) groups excluding carboxylic acids is 1. The molecule has 0 saturated carbocycles. The van der Waals surface area contributed by atoms with E-state index in [1.54, 1.807) is 30.3 Å². The molecule has 0 aliphatic carbocycles. The van der Waals surface area contributed by atoms with E-state index in [4.69, 9.17) is 0 Å². The summed E-state index contributed by atoms with van der Waals surface area (Å²) in [6, 6.07) is 15.3. The largest absolute Gasteiger partial charge is 0.351 e. The lowest BCUT2D eigenvalue weighted by Crippen LogP contribution is -2.45. The number of nitrogens with one attached hydrogen (secondary N) is 1. The highest BCUT2D eigenvalue weighted by molar-refractivity contribution is 5.95. The van der Waals surface area contributed by atoms with Gasteiger partial charge in [0.15, 0.2) is 0 Å². The molecule has 0 fully saturated rings. The van der Waals surface area contributed by atoms with Crippen LogP contribution in [0.3, 0.4) is 0 Å². The molecule has 1 atom stereocenters. The molecule has 0 aromatic heterocycles. The van der Waals surface area contributed by atoms with Gasteiger partial charge in [-0.2, -0.15) is 0 Å². The molecule has 35 heavy (non-hydrogen) atoms. The van der Waals surface area contributed by atoms with E-state index in [0.29, 0.717) is 38.0 Å². The number of nitro groups is 1. The van der Waals surface area contributed by atoms with Gasteiger partial charge in [-0.1, -0.05) is 30.9 Å². The Labute approximate surface area is 202 Å². The van der Waals surface area contributed by atoms with Crippen LogP contribution >= 0.6 is 0 Å². The van der Waals surface area contributed by atoms with E-state index in [9.17, 15) is 23.7 Å². The molecule has 0 spiro atoms. The number of halogens is 2. The third-order valence-corrected chi connectivity index (χ3v) is 6.23. The number of hydrogen-bond acceptors (Lipinski definition) is 4. The summed E-state index contributed by atoms with van der Waals surface area (Å²) in [5.74, 6) is -0.989. The van der Waals surface area contributed by atoms with Crippen molar-refractivity contribution >= 4 is 17.7 Å². The second-order valence-corrected chi connectivity index (χ2v) is 8.60. The molecule has 3 aromatic rings. The molecule has 0 saturated heterocycles. The zero-order valence-corrected chi connectivity index (χ0v) is 19.0. The van der Waals surface area contributed by atoms with Crippen LogP contribution in [0.15, 0.2) is 67.2 Å². The third-order valence-electron chi connectivity index (χ3n) is 6.23. The van der Waals surface area contributed by atoms with Crippen LogP contribution in [0.25, 0.3) is 6.08 Å². The Balaban J connectivity index is 1.46. The molecule has 1 amide bonds. The first-order chi connectivity index (χ1) is 16.8. The van der Waals surface area contributed by atoms with Crippen LogP contribution in [-0.4, -0.2) is 34.9 Å². The van der Waals surface area contributed by atoms with Crippen LogP contribution in [-0.2, 0) is 19.4 Å². The molecule has 0 bridgehead atoms. The van der Waals surface area contributed by atoms with Crippen molar-refractivity contribution in [3.05, 3.63) is 117 Å². The number of carbonyl (C=O) groups is 1. The molecular weight excluding hydrogens is 452 g/mol. The van der Waals surface area contributed by atoms with Gasteiger partial charge < -0.3 is 5.32 Å². The van der Waals surface area contributed by atoms with E-state index < -0.39 is 10.8 Å². The summed E-state index contributed by atoms with van der Waals surface area (Å²) in [4.78, 5) is 25.6. The monoisotopic (exact) mass is 477 g/mol. The number of hydrogen-bond donors (Lipinski definition) is 1. The van der Waals surface area contributed by atoms with Crippen LogP contribution in [0.4, 0.5) is 14.5 Å². The van der Waals surface area contributed by atoms with Crippen LogP contribution < -0.4 is 5.32 Å². The SMILES string of the molecule is C=Cc1cc(C(=O)NCCN2Cc3ccc(F)cc3CC2Cc2ccc(F)cc2)cc([N+](=O)[O-])c1. The molecule has 1 heterocycles. The van der Waals surface area contributed by atoms with E-state index in [0.717, 1.165) is 16.7 Å². The van der Waals surface area contributed by atoms with Gasteiger partial charge in [0.05, 0.1) is 4.92 Å². The molecule has 8 heteroatoms. The Kier molecular flexibility index (Phi) is 7.31.